The average molecular weight is 517 g/mol. The number of hydrogen-bond donors (Lipinski definition) is 1. The Kier molecular flexibility index (Phi) is 10.8. The summed E-state index contributed by atoms with van der Waals surface area (Å²) in [5, 5.41) is 6.53. The number of alkyl halides is 3. The number of unbranched alkanes of at least 4 members (excludes halogenated alkanes) is 2. The van der Waals surface area contributed by atoms with Crippen LogP contribution in [0.4, 0.5) is 24.7 Å². The number of ether oxygens (including phenoxy) is 3. The molecule has 0 fully saturated rings. The van der Waals surface area contributed by atoms with Gasteiger partial charge in [-0.25, -0.2) is 9.97 Å². The Morgan fingerprint density at radius 3 is 2.41 bits per heavy atom. The highest BCUT2D eigenvalue weighted by atomic mass is 19.4. The van der Waals surface area contributed by atoms with Gasteiger partial charge < -0.3 is 19.5 Å². The summed E-state index contributed by atoms with van der Waals surface area (Å²) in [6.45, 7) is 2.35. The minimum Gasteiger partial charge on any atom is -0.494 e. The topological polar surface area (TPSA) is 114 Å². The van der Waals surface area contributed by atoms with E-state index in [1.807, 2.05) is 24.3 Å². The molecule has 0 bridgehead atoms. The Bertz CT molecular complexity index is 1150. The van der Waals surface area contributed by atoms with Crippen LogP contribution < -0.4 is 14.8 Å². The van der Waals surface area contributed by atoms with Crippen molar-refractivity contribution in [3.63, 3.8) is 0 Å². The number of anilines is 2. The van der Waals surface area contributed by atoms with E-state index < -0.39 is 6.36 Å². The summed E-state index contributed by atoms with van der Waals surface area (Å²) in [5.74, 6) is 0.896. The molecule has 3 aromatic rings. The van der Waals surface area contributed by atoms with Gasteiger partial charge in [0.1, 0.15) is 23.6 Å². The van der Waals surface area contributed by atoms with Crippen LogP contribution in [-0.4, -0.2) is 42.7 Å². The zero-order chi connectivity index (χ0) is 26.3. The number of nitrogens with zero attached hydrogens (tertiary/aromatic N) is 5. The lowest BCUT2D eigenvalue weighted by Gasteiger charge is -2.11. The lowest BCUT2D eigenvalue weighted by molar-refractivity contribution is -0.274. The average Bonchev–Trinajstić information content (AvgIpc) is 2.88. The highest BCUT2D eigenvalue weighted by Crippen LogP contribution is 2.27. The Labute approximate surface area is 212 Å². The van der Waals surface area contributed by atoms with E-state index in [2.05, 4.69) is 30.0 Å². The van der Waals surface area contributed by atoms with E-state index in [0.29, 0.717) is 49.3 Å². The van der Waals surface area contributed by atoms with Gasteiger partial charge in [0, 0.05) is 42.0 Å². The monoisotopic (exact) mass is 516 g/mol. The third-order valence-electron chi connectivity index (χ3n) is 4.97. The van der Waals surface area contributed by atoms with Crippen molar-refractivity contribution in [3.05, 3.63) is 71.4 Å². The van der Waals surface area contributed by atoms with E-state index in [0.717, 1.165) is 31.2 Å². The second-order valence-electron chi connectivity index (χ2n) is 7.84. The SMILES string of the molecule is [N-]=[N+]=NCCCCOCCCCOc1cccc(-c2cc(Nc3ccc(OC(F)(F)F)cc3)ncn2)c1. The number of benzene rings is 2. The van der Waals surface area contributed by atoms with Crippen LogP contribution in [0.2, 0.25) is 0 Å². The van der Waals surface area contributed by atoms with Crippen molar-refractivity contribution >= 4 is 11.5 Å². The molecule has 0 aliphatic heterocycles. The molecular formula is C25H27F3N6O3. The second-order valence-corrected chi connectivity index (χ2v) is 7.84. The van der Waals surface area contributed by atoms with Crippen LogP contribution in [0.5, 0.6) is 11.5 Å². The molecule has 0 saturated carbocycles. The van der Waals surface area contributed by atoms with Gasteiger partial charge in [-0.15, -0.1) is 13.2 Å². The van der Waals surface area contributed by atoms with Crippen LogP contribution in [-0.2, 0) is 4.74 Å². The summed E-state index contributed by atoms with van der Waals surface area (Å²) >= 11 is 0. The summed E-state index contributed by atoms with van der Waals surface area (Å²) in [7, 11) is 0. The van der Waals surface area contributed by atoms with Crippen molar-refractivity contribution in [1.29, 1.82) is 0 Å². The molecule has 3 rings (SSSR count). The van der Waals surface area contributed by atoms with Crippen LogP contribution in [0.15, 0.2) is 66.0 Å². The molecule has 9 nitrogen and oxygen atoms in total. The molecule has 0 spiro atoms. The fourth-order valence-corrected chi connectivity index (χ4v) is 3.25. The van der Waals surface area contributed by atoms with Gasteiger partial charge in [0.2, 0.25) is 0 Å². The van der Waals surface area contributed by atoms with E-state index in [1.165, 1.54) is 30.6 Å². The lowest BCUT2D eigenvalue weighted by Crippen LogP contribution is -2.16. The fourth-order valence-electron chi connectivity index (χ4n) is 3.25. The first-order valence-corrected chi connectivity index (χ1v) is 11.7. The second kappa shape index (κ2) is 14.5. The smallest absolute Gasteiger partial charge is 0.494 e. The molecule has 0 unspecified atom stereocenters. The number of rotatable bonds is 15. The Balaban J connectivity index is 1.45. The van der Waals surface area contributed by atoms with E-state index >= 15 is 0 Å². The normalized spacial score (nSPS) is 11.0. The van der Waals surface area contributed by atoms with E-state index in [9.17, 15) is 13.2 Å². The summed E-state index contributed by atoms with van der Waals surface area (Å²) in [6.07, 6.45) is 0.0766. The molecule has 0 atom stereocenters. The van der Waals surface area contributed by atoms with Crippen molar-refractivity contribution in [2.75, 3.05) is 31.7 Å². The minimum atomic E-state index is -4.74. The van der Waals surface area contributed by atoms with E-state index in [1.54, 1.807) is 6.07 Å². The van der Waals surface area contributed by atoms with Crippen molar-refractivity contribution in [2.24, 2.45) is 5.11 Å². The van der Waals surface area contributed by atoms with Gasteiger partial charge in [-0.2, -0.15) is 0 Å². The summed E-state index contributed by atoms with van der Waals surface area (Å²) in [5.41, 5.74) is 10.3. The maximum absolute atomic E-state index is 12.3. The van der Waals surface area contributed by atoms with Gasteiger partial charge >= 0.3 is 6.36 Å². The molecule has 1 aromatic heterocycles. The standard InChI is InChI=1S/C25H27F3N6O3/c26-25(27,28)37-21-10-8-20(9-11-21)33-24-17-23(30-18-31-24)19-6-5-7-22(16-19)36-15-4-3-14-35-13-2-1-12-32-34-29/h5-11,16-18H,1-4,12-15H2,(H,30,31,33). The van der Waals surface area contributed by atoms with Crippen molar-refractivity contribution in [3.8, 4) is 22.8 Å². The molecule has 0 aliphatic carbocycles. The molecule has 12 heteroatoms. The molecule has 1 N–H and O–H groups in total. The number of hydrogen-bond acceptors (Lipinski definition) is 7. The zero-order valence-corrected chi connectivity index (χ0v) is 20.0. The molecule has 0 amide bonds. The lowest BCUT2D eigenvalue weighted by atomic mass is 10.1. The molecule has 2 aromatic carbocycles. The van der Waals surface area contributed by atoms with Crippen molar-refractivity contribution in [2.45, 2.75) is 32.0 Å². The van der Waals surface area contributed by atoms with Crippen LogP contribution in [0.1, 0.15) is 25.7 Å². The molecular weight excluding hydrogens is 489 g/mol. The quantitative estimate of drug-likeness (QED) is 0.100. The molecule has 0 saturated heterocycles. The predicted molar refractivity (Wildman–Crippen MR) is 133 cm³/mol. The number of halogens is 3. The highest BCUT2D eigenvalue weighted by molar-refractivity contribution is 5.66. The van der Waals surface area contributed by atoms with Crippen LogP contribution in [0.25, 0.3) is 21.7 Å². The zero-order valence-electron chi connectivity index (χ0n) is 20.0. The fraction of sp³-hybridized carbons (Fsp3) is 0.360. The van der Waals surface area contributed by atoms with Crippen molar-refractivity contribution in [1.82, 2.24) is 9.97 Å². The number of aromatic nitrogens is 2. The molecule has 37 heavy (non-hydrogen) atoms. The molecule has 0 radical (unpaired) electrons. The highest BCUT2D eigenvalue weighted by Gasteiger charge is 2.30. The van der Waals surface area contributed by atoms with Crippen LogP contribution >= 0.6 is 0 Å². The largest absolute Gasteiger partial charge is 0.573 e. The van der Waals surface area contributed by atoms with Crippen LogP contribution in [0.3, 0.4) is 0 Å². The first-order chi connectivity index (χ1) is 17.9. The predicted octanol–water partition coefficient (Wildman–Crippen LogP) is 7.05. The van der Waals surface area contributed by atoms with Gasteiger partial charge in [0.15, 0.2) is 0 Å². The Hall–Kier alpha value is -4.02. The number of azide groups is 1. The van der Waals surface area contributed by atoms with E-state index in [4.69, 9.17) is 15.0 Å². The summed E-state index contributed by atoms with van der Waals surface area (Å²) in [6, 6.07) is 14.6. The van der Waals surface area contributed by atoms with Gasteiger partial charge in [-0.3, -0.25) is 0 Å². The van der Waals surface area contributed by atoms with Gasteiger partial charge in [-0.05, 0) is 67.6 Å². The number of nitrogens with one attached hydrogen (secondary N) is 1. The Morgan fingerprint density at radius 2 is 1.65 bits per heavy atom. The maximum atomic E-state index is 12.3. The summed E-state index contributed by atoms with van der Waals surface area (Å²) < 4.78 is 52.3. The molecule has 1 heterocycles. The van der Waals surface area contributed by atoms with Crippen molar-refractivity contribution < 1.29 is 27.4 Å². The molecule has 0 aliphatic rings. The van der Waals surface area contributed by atoms with Gasteiger partial charge in [0.05, 0.1) is 12.3 Å². The first kappa shape index (κ1) is 27.6. The summed E-state index contributed by atoms with van der Waals surface area (Å²) in [4.78, 5) is 11.2. The maximum Gasteiger partial charge on any atom is 0.573 e. The van der Waals surface area contributed by atoms with Gasteiger partial charge in [-0.1, -0.05) is 17.2 Å². The third kappa shape index (κ3) is 10.6. The Morgan fingerprint density at radius 1 is 0.892 bits per heavy atom. The van der Waals surface area contributed by atoms with Crippen LogP contribution in [0, 0.1) is 0 Å². The van der Waals surface area contributed by atoms with Gasteiger partial charge in [0.25, 0.3) is 0 Å². The molecule has 196 valence electrons. The third-order valence-corrected chi connectivity index (χ3v) is 4.97. The minimum absolute atomic E-state index is 0.301. The van der Waals surface area contributed by atoms with E-state index in [-0.39, 0.29) is 5.75 Å². The first-order valence-electron chi connectivity index (χ1n) is 11.7.